The number of fused-ring (bicyclic) bond motifs is 1. The van der Waals surface area contributed by atoms with Crippen molar-refractivity contribution in [2.24, 2.45) is 0 Å². The Morgan fingerprint density at radius 2 is 2.24 bits per heavy atom. The summed E-state index contributed by atoms with van der Waals surface area (Å²) in [5, 5.41) is 9.91. The van der Waals surface area contributed by atoms with Gasteiger partial charge in [-0.15, -0.1) is 0 Å². The predicted octanol–water partition coefficient (Wildman–Crippen LogP) is 1.93. The molecular weight excluding hydrogens is 270 g/mol. The van der Waals surface area contributed by atoms with Gasteiger partial charge in [0.25, 0.3) is 0 Å². The molecule has 0 saturated heterocycles. The van der Waals surface area contributed by atoms with Crippen molar-refractivity contribution in [3.63, 3.8) is 0 Å². The van der Waals surface area contributed by atoms with E-state index >= 15 is 0 Å². The third-order valence-electron chi connectivity index (χ3n) is 4.59. The molecule has 21 heavy (non-hydrogen) atoms. The number of hydrogen-bond donors (Lipinski definition) is 1. The summed E-state index contributed by atoms with van der Waals surface area (Å²) in [4.78, 5) is 25.2. The minimum Gasteiger partial charge on any atom is -0.497 e. The molecule has 0 aliphatic heterocycles. The van der Waals surface area contributed by atoms with Gasteiger partial charge in [0.05, 0.1) is 7.11 Å². The van der Waals surface area contributed by atoms with Crippen LogP contribution in [-0.4, -0.2) is 35.5 Å². The van der Waals surface area contributed by atoms with Gasteiger partial charge >= 0.3 is 5.97 Å². The molecule has 1 saturated carbocycles. The maximum Gasteiger partial charge on any atom is 0.334 e. The minimum absolute atomic E-state index is 0.0617. The number of nitrogens with zero attached hydrogens (tertiary/aromatic N) is 1. The van der Waals surface area contributed by atoms with Gasteiger partial charge in [-0.1, -0.05) is 6.07 Å². The summed E-state index contributed by atoms with van der Waals surface area (Å²) in [6.45, 7) is 0. The lowest BCUT2D eigenvalue weighted by atomic mass is 9.75. The number of carbonyl (C=O) groups is 2. The van der Waals surface area contributed by atoms with E-state index < -0.39 is 11.5 Å². The number of hydrogen-bond acceptors (Lipinski definition) is 3. The number of ether oxygens (including phenoxy) is 1. The third kappa shape index (κ3) is 2.07. The molecule has 1 atom stereocenters. The number of aryl methyl sites for hydroxylation is 1. The van der Waals surface area contributed by atoms with Gasteiger partial charge in [-0.3, -0.25) is 4.79 Å². The van der Waals surface area contributed by atoms with E-state index in [2.05, 4.69) is 0 Å². The SMILES string of the molecule is COc1ccc2c(c1)CCCC2(C(=O)O)N(C=O)C1CC1. The molecule has 0 radical (unpaired) electrons. The van der Waals surface area contributed by atoms with Gasteiger partial charge in [0, 0.05) is 6.04 Å². The lowest BCUT2D eigenvalue weighted by Gasteiger charge is -2.42. The van der Waals surface area contributed by atoms with E-state index in [1.807, 2.05) is 6.07 Å². The fourth-order valence-corrected chi connectivity index (χ4v) is 3.42. The Hall–Kier alpha value is -2.04. The van der Waals surface area contributed by atoms with Crippen molar-refractivity contribution in [3.05, 3.63) is 29.3 Å². The summed E-state index contributed by atoms with van der Waals surface area (Å²) in [5.74, 6) is -0.216. The van der Waals surface area contributed by atoms with Crippen LogP contribution in [0, 0.1) is 0 Å². The quantitative estimate of drug-likeness (QED) is 0.841. The number of methoxy groups -OCH3 is 1. The lowest BCUT2D eigenvalue weighted by Crippen LogP contribution is -2.54. The molecule has 3 rings (SSSR count). The largest absolute Gasteiger partial charge is 0.497 e. The Labute approximate surface area is 123 Å². The molecule has 2 aliphatic rings. The van der Waals surface area contributed by atoms with Crippen LogP contribution in [0.3, 0.4) is 0 Å². The number of amides is 1. The van der Waals surface area contributed by atoms with Gasteiger partial charge < -0.3 is 14.7 Å². The molecule has 1 aromatic carbocycles. The molecule has 1 fully saturated rings. The van der Waals surface area contributed by atoms with Gasteiger partial charge in [-0.25, -0.2) is 4.79 Å². The fourth-order valence-electron chi connectivity index (χ4n) is 3.42. The highest BCUT2D eigenvalue weighted by atomic mass is 16.5. The molecule has 112 valence electrons. The number of carboxylic acids is 1. The first-order chi connectivity index (χ1) is 10.1. The summed E-state index contributed by atoms with van der Waals surface area (Å²) >= 11 is 0. The summed E-state index contributed by atoms with van der Waals surface area (Å²) in [6.07, 6.45) is 4.53. The van der Waals surface area contributed by atoms with Crippen LogP contribution in [0.25, 0.3) is 0 Å². The zero-order chi connectivity index (χ0) is 15.0. The lowest BCUT2D eigenvalue weighted by molar-refractivity contribution is -0.158. The second-order valence-corrected chi connectivity index (χ2v) is 5.79. The van der Waals surface area contributed by atoms with Crippen LogP contribution >= 0.6 is 0 Å². The third-order valence-corrected chi connectivity index (χ3v) is 4.59. The number of rotatable bonds is 5. The topological polar surface area (TPSA) is 66.8 Å². The molecule has 5 heteroatoms. The van der Waals surface area contributed by atoms with Gasteiger partial charge in [0.15, 0.2) is 5.54 Å². The molecule has 1 unspecified atom stereocenters. The van der Waals surface area contributed by atoms with Crippen LogP contribution in [0.1, 0.15) is 36.8 Å². The van der Waals surface area contributed by atoms with Crippen LogP contribution in [0.2, 0.25) is 0 Å². The van der Waals surface area contributed by atoms with Crippen molar-refractivity contribution < 1.29 is 19.4 Å². The molecule has 5 nitrogen and oxygen atoms in total. The summed E-state index contributed by atoms with van der Waals surface area (Å²) < 4.78 is 5.22. The van der Waals surface area contributed by atoms with Crippen molar-refractivity contribution in [2.45, 2.75) is 43.7 Å². The van der Waals surface area contributed by atoms with Gasteiger partial charge in [-0.2, -0.15) is 0 Å². The zero-order valence-corrected chi connectivity index (χ0v) is 12.0. The van der Waals surface area contributed by atoms with Gasteiger partial charge in [0.1, 0.15) is 5.75 Å². The first-order valence-corrected chi connectivity index (χ1v) is 7.28. The smallest absolute Gasteiger partial charge is 0.334 e. The monoisotopic (exact) mass is 289 g/mol. The zero-order valence-electron chi connectivity index (χ0n) is 12.0. The van der Waals surface area contributed by atoms with Gasteiger partial charge in [0.2, 0.25) is 6.41 Å². The Bertz CT molecular complexity index is 582. The maximum absolute atomic E-state index is 12.1. The van der Waals surface area contributed by atoms with E-state index in [1.165, 1.54) is 4.90 Å². The van der Waals surface area contributed by atoms with Crippen molar-refractivity contribution in [2.75, 3.05) is 7.11 Å². The highest BCUT2D eigenvalue weighted by Crippen LogP contribution is 2.45. The van der Waals surface area contributed by atoms with Crippen molar-refractivity contribution >= 4 is 12.4 Å². The molecule has 0 aromatic heterocycles. The molecule has 1 amide bonds. The number of carboxylic acid groups (broad SMARTS) is 1. The van der Waals surface area contributed by atoms with Crippen molar-refractivity contribution in [3.8, 4) is 5.75 Å². The Morgan fingerprint density at radius 3 is 2.81 bits per heavy atom. The van der Waals surface area contributed by atoms with Crippen molar-refractivity contribution in [1.29, 1.82) is 0 Å². The number of carbonyl (C=O) groups excluding carboxylic acids is 1. The van der Waals surface area contributed by atoms with Crippen LogP contribution in [-0.2, 0) is 21.5 Å². The first-order valence-electron chi connectivity index (χ1n) is 7.28. The Kier molecular flexibility index (Phi) is 3.35. The van der Waals surface area contributed by atoms with E-state index in [0.717, 1.165) is 42.6 Å². The van der Waals surface area contributed by atoms with Crippen LogP contribution in [0.15, 0.2) is 18.2 Å². The highest BCUT2D eigenvalue weighted by molar-refractivity contribution is 5.84. The maximum atomic E-state index is 12.1. The summed E-state index contributed by atoms with van der Waals surface area (Å²) in [6, 6.07) is 5.53. The number of benzene rings is 1. The van der Waals surface area contributed by atoms with E-state index in [9.17, 15) is 14.7 Å². The molecule has 0 spiro atoms. The average Bonchev–Trinajstić information content (AvgIpc) is 3.32. The second kappa shape index (κ2) is 5.06. The molecule has 1 aromatic rings. The normalized spacial score (nSPS) is 24.0. The molecule has 0 bridgehead atoms. The Morgan fingerprint density at radius 1 is 1.48 bits per heavy atom. The minimum atomic E-state index is -1.22. The average molecular weight is 289 g/mol. The molecule has 2 aliphatic carbocycles. The van der Waals surface area contributed by atoms with Crippen LogP contribution in [0.4, 0.5) is 0 Å². The first kappa shape index (κ1) is 13.9. The number of aliphatic carboxylic acids is 1. The fraction of sp³-hybridized carbons (Fsp3) is 0.500. The van der Waals surface area contributed by atoms with Crippen molar-refractivity contribution in [1.82, 2.24) is 4.90 Å². The van der Waals surface area contributed by atoms with Gasteiger partial charge in [-0.05, 0) is 55.4 Å². The Balaban J connectivity index is 2.14. The summed E-state index contributed by atoms with van der Waals surface area (Å²) in [7, 11) is 1.59. The van der Waals surface area contributed by atoms with Crippen LogP contribution in [0.5, 0.6) is 5.75 Å². The van der Waals surface area contributed by atoms with E-state index in [4.69, 9.17) is 4.74 Å². The summed E-state index contributed by atoms with van der Waals surface area (Å²) in [5.41, 5.74) is 0.486. The highest BCUT2D eigenvalue weighted by Gasteiger charge is 2.52. The van der Waals surface area contributed by atoms with E-state index in [1.54, 1.807) is 19.2 Å². The van der Waals surface area contributed by atoms with E-state index in [0.29, 0.717) is 12.8 Å². The molecule has 1 N–H and O–H groups in total. The van der Waals surface area contributed by atoms with Crippen LogP contribution < -0.4 is 4.74 Å². The molecule has 0 heterocycles. The molecular formula is C16H19NO4. The standard InChI is InChI=1S/C16H19NO4/c1-21-13-6-7-14-11(9-13)3-2-8-16(14,15(19)20)17(10-18)12-4-5-12/h6-7,9-10,12H,2-5,8H2,1H3,(H,19,20). The predicted molar refractivity (Wildman–Crippen MR) is 76.2 cm³/mol. The second-order valence-electron chi connectivity index (χ2n) is 5.79. The van der Waals surface area contributed by atoms with E-state index in [-0.39, 0.29) is 6.04 Å².